The first kappa shape index (κ1) is 11.4. The molecule has 1 heterocycles. The van der Waals surface area contributed by atoms with Gasteiger partial charge < -0.3 is 15.2 Å². The molecular formula is C14H15NO3. The topological polar surface area (TPSA) is 73.3 Å². The number of hydrogen-bond acceptors (Lipinski definition) is 3. The van der Waals surface area contributed by atoms with Gasteiger partial charge in [-0.15, -0.1) is 0 Å². The summed E-state index contributed by atoms with van der Waals surface area (Å²) in [5, 5.41) is 21.7. The van der Waals surface area contributed by atoms with Gasteiger partial charge in [0.25, 0.3) is 0 Å². The van der Waals surface area contributed by atoms with Crippen molar-refractivity contribution in [1.82, 2.24) is 4.98 Å². The molecule has 2 aromatic rings. The summed E-state index contributed by atoms with van der Waals surface area (Å²) >= 11 is 0. The zero-order chi connectivity index (χ0) is 13.1. The van der Waals surface area contributed by atoms with E-state index in [-0.39, 0.29) is 12.2 Å². The number of H-pyrrole nitrogens is 1. The lowest BCUT2D eigenvalue weighted by molar-refractivity contribution is -0.171. The van der Waals surface area contributed by atoms with Gasteiger partial charge in [0, 0.05) is 17.3 Å². The van der Waals surface area contributed by atoms with E-state index in [0.29, 0.717) is 5.69 Å². The van der Waals surface area contributed by atoms with Gasteiger partial charge in [-0.2, -0.15) is 0 Å². The first-order valence-corrected chi connectivity index (χ1v) is 5.94. The van der Waals surface area contributed by atoms with E-state index < -0.39 is 11.2 Å². The third kappa shape index (κ3) is 1.19. The number of rotatable bonds is 0. The van der Waals surface area contributed by atoms with Crippen LogP contribution >= 0.6 is 0 Å². The second-order valence-corrected chi connectivity index (χ2v) is 5.27. The van der Waals surface area contributed by atoms with Crippen LogP contribution in [0.2, 0.25) is 0 Å². The molecule has 2 atom stereocenters. The molecule has 0 fully saturated rings. The summed E-state index contributed by atoms with van der Waals surface area (Å²) in [5.74, 6) is -0.357. The van der Waals surface area contributed by atoms with E-state index in [4.69, 9.17) is 0 Å². The van der Waals surface area contributed by atoms with Gasteiger partial charge in [-0.1, -0.05) is 18.2 Å². The molecule has 3 rings (SSSR count). The van der Waals surface area contributed by atoms with Gasteiger partial charge >= 0.3 is 0 Å². The molecule has 1 aromatic heterocycles. The van der Waals surface area contributed by atoms with Crippen molar-refractivity contribution in [3.63, 3.8) is 0 Å². The van der Waals surface area contributed by atoms with Crippen LogP contribution in [0.4, 0.5) is 0 Å². The van der Waals surface area contributed by atoms with Crippen LogP contribution in [-0.4, -0.2) is 26.6 Å². The lowest BCUT2D eigenvalue weighted by atomic mass is 9.72. The van der Waals surface area contributed by atoms with Crippen LogP contribution in [0.15, 0.2) is 24.3 Å². The molecule has 1 aliphatic rings. The molecule has 0 spiro atoms. The van der Waals surface area contributed by atoms with Crippen LogP contribution in [0.1, 0.15) is 25.1 Å². The maximum absolute atomic E-state index is 12.0. The molecule has 4 heteroatoms. The van der Waals surface area contributed by atoms with Gasteiger partial charge in [0.2, 0.25) is 0 Å². The van der Waals surface area contributed by atoms with E-state index in [2.05, 4.69) is 4.98 Å². The normalized spacial score (nSPS) is 31.7. The number of carbonyl (C=O) groups excluding carboxylic acids is 1. The molecule has 4 nitrogen and oxygen atoms in total. The largest absolute Gasteiger partial charge is 0.380 e. The highest BCUT2D eigenvalue weighted by Crippen LogP contribution is 2.42. The summed E-state index contributed by atoms with van der Waals surface area (Å²) in [5.41, 5.74) is -1.17. The second kappa shape index (κ2) is 3.22. The van der Waals surface area contributed by atoms with Crippen LogP contribution in [0.3, 0.4) is 0 Å². The standard InChI is InChI=1S/C14H15NO3/c1-13(17)11(16)7-9-8-5-3-4-6-10(8)15-12(9)14(13,2)18/h3-6,15,17-18H,7H2,1-2H3. The third-order valence-electron chi connectivity index (χ3n) is 4.13. The van der Waals surface area contributed by atoms with E-state index >= 15 is 0 Å². The number of benzene rings is 1. The van der Waals surface area contributed by atoms with E-state index in [1.807, 2.05) is 24.3 Å². The number of nitrogens with one attached hydrogen (secondary N) is 1. The van der Waals surface area contributed by atoms with Crippen molar-refractivity contribution in [3.8, 4) is 0 Å². The summed E-state index contributed by atoms with van der Waals surface area (Å²) in [7, 11) is 0. The molecule has 0 bridgehead atoms. The smallest absolute Gasteiger partial charge is 0.171 e. The molecule has 18 heavy (non-hydrogen) atoms. The van der Waals surface area contributed by atoms with Crippen LogP contribution in [0.25, 0.3) is 10.9 Å². The summed E-state index contributed by atoms with van der Waals surface area (Å²) < 4.78 is 0. The van der Waals surface area contributed by atoms with Gasteiger partial charge in [0.05, 0.1) is 5.69 Å². The molecule has 1 aromatic carbocycles. The predicted octanol–water partition coefficient (Wildman–Crippen LogP) is 1.25. The Kier molecular flexibility index (Phi) is 2.04. The highest BCUT2D eigenvalue weighted by atomic mass is 16.4. The molecule has 0 aliphatic heterocycles. The molecule has 0 amide bonds. The Morgan fingerprint density at radius 1 is 1.17 bits per heavy atom. The first-order chi connectivity index (χ1) is 8.35. The lowest BCUT2D eigenvalue weighted by Gasteiger charge is -2.40. The SMILES string of the molecule is CC1(O)C(=O)Cc2c([nH]c3ccccc23)C1(C)O. The maximum Gasteiger partial charge on any atom is 0.171 e. The van der Waals surface area contributed by atoms with Gasteiger partial charge in [0.1, 0.15) is 5.60 Å². The molecule has 3 N–H and O–H groups in total. The van der Waals surface area contributed by atoms with Gasteiger partial charge in [-0.25, -0.2) is 0 Å². The van der Waals surface area contributed by atoms with E-state index in [1.165, 1.54) is 13.8 Å². The highest BCUT2D eigenvalue weighted by molar-refractivity contribution is 5.98. The quantitative estimate of drug-likeness (QED) is 0.654. The summed E-state index contributed by atoms with van der Waals surface area (Å²) in [6, 6.07) is 7.58. The fourth-order valence-electron chi connectivity index (χ4n) is 2.65. The van der Waals surface area contributed by atoms with Crippen molar-refractivity contribution in [2.24, 2.45) is 0 Å². The lowest BCUT2D eigenvalue weighted by Crippen LogP contribution is -2.57. The zero-order valence-electron chi connectivity index (χ0n) is 10.3. The number of aromatic amines is 1. The molecule has 2 unspecified atom stereocenters. The number of Topliss-reactive ketones (excluding diaryl/α,β-unsaturated/α-hetero) is 1. The molecule has 0 saturated heterocycles. The van der Waals surface area contributed by atoms with E-state index in [1.54, 1.807) is 0 Å². The van der Waals surface area contributed by atoms with Gasteiger partial charge in [-0.3, -0.25) is 4.79 Å². The highest BCUT2D eigenvalue weighted by Gasteiger charge is 2.54. The number of carbonyl (C=O) groups is 1. The zero-order valence-corrected chi connectivity index (χ0v) is 10.3. The minimum absolute atomic E-state index is 0.141. The second-order valence-electron chi connectivity index (χ2n) is 5.27. The molecule has 0 saturated carbocycles. The first-order valence-electron chi connectivity index (χ1n) is 5.94. The van der Waals surface area contributed by atoms with E-state index in [9.17, 15) is 15.0 Å². The fraction of sp³-hybridized carbons (Fsp3) is 0.357. The minimum atomic E-state index is -1.76. The Morgan fingerprint density at radius 2 is 1.83 bits per heavy atom. The molecular weight excluding hydrogens is 230 g/mol. The Balaban J connectivity index is 2.37. The number of ketones is 1. The summed E-state index contributed by atoms with van der Waals surface area (Å²) in [4.78, 5) is 15.1. The van der Waals surface area contributed by atoms with Crippen molar-refractivity contribution in [2.75, 3.05) is 0 Å². The molecule has 0 radical (unpaired) electrons. The fourth-order valence-corrected chi connectivity index (χ4v) is 2.65. The number of aromatic nitrogens is 1. The Morgan fingerprint density at radius 3 is 2.56 bits per heavy atom. The number of fused-ring (bicyclic) bond motifs is 3. The maximum atomic E-state index is 12.0. The van der Waals surface area contributed by atoms with Crippen molar-refractivity contribution in [1.29, 1.82) is 0 Å². The third-order valence-corrected chi connectivity index (χ3v) is 4.13. The minimum Gasteiger partial charge on any atom is -0.380 e. The Labute approximate surface area is 104 Å². The van der Waals surface area contributed by atoms with Crippen molar-refractivity contribution in [3.05, 3.63) is 35.5 Å². The average Bonchev–Trinajstić information content (AvgIpc) is 2.67. The molecule has 94 valence electrons. The number of para-hydroxylation sites is 1. The summed E-state index contributed by atoms with van der Waals surface area (Å²) in [6.45, 7) is 2.84. The van der Waals surface area contributed by atoms with Gasteiger partial charge in [0.15, 0.2) is 11.4 Å². The van der Waals surface area contributed by atoms with Crippen molar-refractivity contribution < 1.29 is 15.0 Å². The van der Waals surface area contributed by atoms with Crippen LogP contribution < -0.4 is 0 Å². The monoisotopic (exact) mass is 245 g/mol. The predicted molar refractivity (Wildman–Crippen MR) is 67.2 cm³/mol. The Hall–Kier alpha value is -1.65. The van der Waals surface area contributed by atoms with Gasteiger partial charge in [-0.05, 0) is 25.5 Å². The van der Waals surface area contributed by atoms with Crippen LogP contribution in [-0.2, 0) is 16.8 Å². The van der Waals surface area contributed by atoms with E-state index in [0.717, 1.165) is 16.5 Å². The van der Waals surface area contributed by atoms with Crippen LogP contribution in [0.5, 0.6) is 0 Å². The molecule has 1 aliphatic carbocycles. The number of aliphatic hydroxyl groups is 2. The number of hydrogen-bond donors (Lipinski definition) is 3. The van der Waals surface area contributed by atoms with Crippen LogP contribution in [0, 0.1) is 0 Å². The average molecular weight is 245 g/mol. The Bertz CT molecular complexity index is 652. The van der Waals surface area contributed by atoms with Crippen molar-refractivity contribution >= 4 is 16.7 Å². The summed E-state index contributed by atoms with van der Waals surface area (Å²) in [6.07, 6.45) is 0.141. The van der Waals surface area contributed by atoms with Crippen molar-refractivity contribution in [2.45, 2.75) is 31.5 Å².